The molecule has 1 saturated heterocycles. The fourth-order valence-electron chi connectivity index (χ4n) is 0.909. The summed E-state index contributed by atoms with van der Waals surface area (Å²) in [6, 6.07) is 0. The lowest BCUT2D eigenvalue weighted by molar-refractivity contribution is 0.0944. The molecule has 1 aliphatic rings. The van der Waals surface area contributed by atoms with Gasteiger partial charge in [0.05, 0.1) is 6.61 Å². The number of rotatable bonds is 2. The topological polar surface area (TPSA) is 55.4 Å². The van der Waals surface area contributed by atoms with E-state index in [2.05, 4.69) is 9.97 Å². The molecule has 1 aliphatic heterocycles. The zero-order valence-corrected chi connectivity index (χ0v) is 8.14. The Morgan fingerprint density at radius 1 is 1.50 bits per heavy atom. The van der Waals surface area contributed by atoms with Crippen LogP contribution < -0.4 is 0 Å². The Hall–Kier alpha value is -0.780. The number of aromatic nitrogens is 2. The lowest BCUT2D eigenvalue weighted by atomic mass is 10.2. The predicted octanol–water partition coefficient (Wildman–Crippen LogP) is 1.50. The van der Waals surface area contributed by atoms with Crippen LogP contribution in [0.5, 0.6) is 0 Å². The van der Waals surface area contributed by atoms with Crippen LogP contribution in [0.3, 0.4) is 0 Å². The summed E-state index contributed by atoms with van der Waals surface area (Å²) in [7, 11) is 0. The van der Waals surface area contributed by atoms with Crippen LogP contribution in [0.1, 0.15) is 10.5 Å². The Bertz CT molecular complexity index is 409. The van der Waals surface area contributed by atoms with Gasteiger partial charge in [-0.05, 0) is 11.6 Å². The minimum atomic E-state index is -0.962. The summed E-state index contributed by atoms with van der Waals surface area (Å²) in [5.74, 6) is -1.52. The molecular formula is C7H3Cl2FN2O2. The Labute approximate surface area is 88.0 Å². The molecule has 0 amide bonds. The number of hydrogen-bond donors (Lipinski definition) is 0. The molecule has 0 aromatic carbocycles. The lowest BCUT2D eigenvalue weighted by Crippen LogP contribution is -2.13. The van der Waals surface area contributed by atoms with Crippen LogP contribution in [0.15, 0.2) is 0 Å². The number of carbonyl (C=O) groups excluding carboxylic acids is 1. The average Bonchev–Trinajstić information content (AvgIpc) is 2.93. The van der Waals surface area contributed by atoms with E-state index in [0.29, 0.717) is 0 Å². The van der Waals surface area contributed by atoms with Gasteiger partial charge >= 0.3 is 0 Å². The third-order valence-electron chi connectivity index (χ3n) is 1.64. The molecule has 0 N–H and O–H groups in total. The van der Waals surface area contributed by atoms with Gasteiger partial charge in [-0.2, -0.15) is 0 Å². The number of nitrogens with zero attached hydrogens (tertiary/aromatic N) is 2. The summed E-state index contributed by atoms with van der Waals surface area (Å²) >= 11 is 10.8. The number of Topliss-reactive ketones (excluding diaryl/α,β-unsaturated/α-hetero) is 1. The van der Waals surface area contributed by atoms with Gasteiger partial charge < -0.3 is 4.74 Å². The quantitative estimate of drug-likeness (QED) is 0.338. The second-order valence-corrected chi connectivity index (χ2v) is 3.33. The van der Waals surface area contributed by atoms with Crippen molar-refractivity contribution in [1.82, 2.24) is 9.97 Å². The van der Waals surface area contributed by atoms with Crippen LogP contribution in [-0.2, 0) is 4.74 Å². The number of epoxide rings is 1. The first kappa shape index (κ1) is 9.76. The van der Waals surface area contributed by atoms with Crippen molar-refractivity contribution in [2.75, 3.05) is 6.61 Å². The van der Waals surface area contributed by atoms with Crippen LogP contribution in [0.25, 0.3) is 0 Å². The molecule has 1 aromatic rings. The third-order valence-corrected chi connectivity index (χ3v) is 2.06. The van der Waals surface area contributed by atoms with E-state index in [-0.39, 0.29) is 11.9 Å². The first-order chi connectivity index (χ1) is 6.59. The molecule has 4 nitrogen and oxygen atoms in total. The number of carbonyl (C=O) groups is 1. The first-order valence-corrected chi connectivity index (χ1v) is 4.39. The molecule has 1 aromatic heterocycles. The van der Waals surface area contributed by atoms with Crippen molar-refractivity contribution < 1.29 is 13.9 Å². The zero-order valence-electron chi connectivity index (χ0n) is 6.63. The lowest BCUT2D eigenvalue weighted by Gasteiger charge is -2.00. The summed E-state index contributed by atoms with van der Waals surface area (Å²) < 4.78 is 17.9. The second-order valence-electron chi connectivity index (χ2n) is 2.63. The van der Waals surface area contributed by atoms with Gasteiger partial charge in [-0.1, -0.05) is 11.6 Å². The van der Waals surface area contributed by atoms with Gasteiger partial charge in [-0.3, -0.25) is 4.79 Å². The summed E-state index contributed by atoms with van der Waals surface area (Å²) in [4.78, 5) is 18.2. The molecule has 1 unspecified atom stereocenters. The monoisotopic (exact) mass is 236 g/mol. The van der Waals surface area contributed by atoms with E-state index in [0.717, 1.165) is 0 Å². The Balaban J connectivity index is 2.45. The Kier molecular flexibility index (Phi) is 2.38. The van der Waals surface area contributed by atoms with Gasteiger partial charge in [-0.15, -0.1) is 0 Å². The van der Waals surface area contributed by atoms with Gasteiger partial charge in [-0.25, -0.2) is 14.4 Å². The van der Waals surface area contributed by atoms with E-state index in [1.807, 2.05) is 0 Å². The molecule has 1 fully saturated rings. The Morgan fingerprint density at radius 2 is 2.14 bits per heavy atom. The average molecular weight is 237 g/mol. The van der Waals surface area contributed by atoms with Crippen molar-refractivity contribution in [3.8, 4) is 0 Å². The highest BCUT2D eigenvalue weighted by Crippen LogP contribution is 2.22. The molecule has 2 heterocycles. The smallest absolute Gasteiger partial charge is 0.224 e. The second kappa shape index (κ2) is 3.42. The highest BCUT2D eigenvalue weighted by molar-refractivity contribution is 6.32. The van der Waals surface area contributed by atoms with Crippen LogP contribution in [0, 0.1) is 5.82 Å². The Morgan fingerprint density at radius 3 is 2.71 bits per heavy atom. The normalized spacial score (nSPS) is 19.5. The number of ether oxygens (including phenoxy) is 1. The van der Waals surface area contributed by atoms with Gasteiger partial charge in [0.1, 0.15) is 6.10 Å². The van der Waals surface area contributed by atoms with Gasteiger partial charge in [0, 0.05) is 0 Å². The van der Waals surface area contributed by atoms with Gasteiger partial charge in [0.2, 0.25) is 11.1 Å². The molecule has 14 heavy (non-hydrogen) atoms. The standard InChI is InChI=1S/C7H3Cl2FN2O2/c8-6-3(10)4(11-7(9)12-6)5(13)2-1-14-2/h2H,1H2. The van der Waals surface area contributed by atoms with Gasteiger partial charge in [0.25, 0.3) is 0 Å². The van der Waals surface area contributed by atoms with Crippen molar-refractivity contribution in [3.05, 3.63) is 21.9 Å². The van der Waals surface area contributed by atoms with Crippen molar-refractivity contribution in [3.63, 3.8) is 0 Å². The molecule has 1 atom stereocenters. The maximum Gasteiger partial charge on any atom is 0.224 e. The molecule has 0 bridgehead atoms. The predicted molar refractivity (Wildman–Crippen MR) is 46.1 cm³/mol. The summed E-state index contributed by atoms with van der Waals surface area (Å²) in [6.45, 7) is 0.275. The maximum absolute atomic E-state index is 13.2. The zero-order chi connectivity index (χ0) is 10.3. The molecule has 2 rings (SSSR count). The van der Waals surface area contributed by atoms with Crippen molar-refractivity contribution >= 4 is 29.0 Å². The molecule has 0 saturated carbocycles. The highest BCUT2D eigenvalue weighted by atomic mass is 35.5. The van der Waals surface area contributed by atoms with Gasteiger partial charge in [0.15, 0.2) is 16.7 Å². The van der Waals surface area contributed by atoms with E-state index in [1.165, 1.54) is 0 Å². The van der Waals surface area contributed by atoms with Crippen LogP contribution >= 0.6 is 23.2 Å². The van der Waals surface area contributed by atoms with E-state index in [9.17, 15) is 9.18 Å². The molecule has 74 valence electrons. The maximum atomic E-state index is 13.2. The highest BCUT2D eigenvalue weighted by Gasteiger charge is 2.35. The largest absolute Gasteiger partial charge is 0.364 e. The molecule has 7 heteroatoms. The van der Waals surface area contributed by atoms with E-state index in [1.54, 1.807) is 0 Å². The fraction of sp³-hybridized carbons (Fsp3) is 0.286. The summed E-state index contributed by atoms with van der Waals surface area (Å²) in [5.41, 5.74) is -0.419. The van der Waals surface area contributed by atoms with Crippen LogP contribution in [-0.4, -0.2) is 28.5 Å². The van der Waals surface area contributed by atoms with E-state index in [4.69, 9.17) is 27.9 Å². The van der Waals surface area contributed by atoms with Crippen LogP contribution in [0.4, 0.5) is 4.39 Å². The minimum absolute atomic E-state index is 0.264. The summed E-state index contributed by atoms with van der Waals surface area (Å²) in [6.07, 6.45) is -0.619. The molecular weight excluding hydrogens is 234 g/mol. The molecule has 0 radical (unpaired) electrons. The number of hydrogen-bond acceptors (Lipinski definition) is 4. The van der Waals surface area contributed by atoms with Crippen molar-refractivity contribution in [2.24, 2.45) is 0 Å². The molecule has 0 spiro atoms. The van der Waals surface area contributed by atoms with Crippen LogP contribution in [0.2, 0.25) is 10.4 Å². The number of halogens is 3. The first-order valence-electron chi connectivity index (χ1n) is 3.64. The van der Waals surface area contributed by atoms with E-state index < -0.39 is 28.6 Å². The number of ketones is 1. The van der Waals surface area contributed by atoms with Crippen molar-refractivity contribution in [2.45, 2.75) is 6.10 Å². The third kappa shape index (κ3) is 1.70. The van der Waals surface area contributed by atoms with E-state index >= 15 is 0 Å². The minimum Gasteiger partial charge on any atom is -0.364 e. The SMILES string of the molecule is O=C(c1nc(Cl)nc(Cl)c1F)C1CO1. The fourth-order valence-corrected chi connectivity index (χ4v) is 1.29. The van der Waals surface area contributed by atoms with Crippen molar-refractivity contribution in [1.29, 1.82) is 0 Å². The molecule has 0 aliphatic carbocycles. The summed E-state index contributed by atoms with van der Waals surface area (Å²) in [5, 5.41) is -0.727.